The molecule has 0 unspecified atom stereocenters. The smallest absolute Gasteiger partial charge is 0.168 e. The molecule has 2 nitrogen and oxygen atoms in total. The summed E-state index contributed by atoms with van der Waals surface area (Å²) in [5, 5.41) is 5.49. The van der Waals surface area contributed by atoms with Gasteiger partial charge < -0.3 is 4.52 Å². The van der Waals surface area contributed by atoms with Crippen molar-refractivity contribution >= 4 is 11.0 Å². The molecule has 21 heavy (non-hydrogen) atoms. The monoisotopic (exact) mass is 279 g/mol. The molecule has 0 spiro atoms. The van der Waals surface area contributed by atoms with Crippen LogP contribution in [0.1, 0.15) is 50.7 Å². The number of hydrogen-bond donors (Lipinski definition) is 0. The second-order valence-electron chi connectivity index (χ2n) is 6.19. The van der Waals surface area contributed by atoms with Crippen molar-refractivity contribution in [3.8, 4) is 11.3 Å². The Morgan fingerprint density at radius 2 is 1.62 bits per heavy atom. The van der Waals surface area contributed by atoms with Crippen LogP contribution in [0.25, 0.3) is 22.2 Å². The molecule has 0 amide bonds. The van der Waals surface area contributed by atoms with E-state index < -0.39 is 0 Å². The van der Waals surface area contributed by atoms with Gasteiger partial charge in [0.2, 0.25) is 0 Å². The zero-order valence-electron chi connectivity index (χ0n) is 13.1. The summed E-state index contributed by atoms with van der Waals surface area (Å²) in [6.07, 6.45) is 0. The van der Waals surface area contributed by atoms with Crippen LogP contribution in [0.15, 0.2) is 47.0 Å². The molecule has 0 aliphatic carbocycles. The number of hydrogen-bond acceptors (Lipinski definition) is 2. The molecular formula is C19H21NO. The van der Waals surface area contributed by atoms with Gasteiger partial charge in [0, 0.05) is 5.56 Å². The molecule has 0 saturated heterocycles. The first-order valence-electron chi connectivity index (χ1n) is 7.56. The molecule has 0 radical (unpaired) electrons. The zero-order valence-corrected chi connectivity index (χ0v) is 13.1. The van der Waals surface area contributed by atoms with E-state index in [1.54, 1.807) is 0 Å². The van der Waals surface area contributed by atoms with Crippen molar-refractivity contribution in [2.45, 2.75) is 39.5 Å². The second-order valence-corrected chi connectivity index (χ2v) is 6.19. The van der Waals surface area contributed by atoms with E-state index in [2.05, 4.69) is 57.1 Å². The third kappa shape index (κ3) is 2.46. The lowest BCUT2D eigenvalue weighted by Crippen LogP contribution is -1.95. The lowest BCUT2D eigenvalue weighted by molar-refractivity contribution is 0.459. The molecular weight excluding hydrogens is 258 g/mol. The SMILES string of the molecule is CC(C)c1cc(C(C)C)c2c(-c3ccccc3)noc2c1. The second kappa shape index (κ2) is 5.36. The third-order valence-corrected chi connectivity index (χ3v) is 3.96. The molecule has 0 N–H and O–H groups in total. The first kappa shape index (κ1) is 13.9. The summed E-state index contributed by atoms with van der Waals surface area (Å²) >= 11 is 0. The summed E-state index contributed by atoms with van der Waals surface area (Å²) in [7, 11) is 0. The van der Waals surface area contributed by atoms with Crippen molar-refractivity contribution in [2.75, 3.05) is 0 Å². The fraction of sp³-hybridized carbons (Fsp3) is 0.316. The summed E-state index contributed by atoms with van der Waals surface area (Å²) in [5.74, 6) is 0.922. The standard InChI is InChI=1S/C19H21NO/c1-12(2)15-10-16(13(3)4)18-17(11-15)21-20-19(18)14-8-6-5-7-9-14/h5-13H,1-4H3. The van der Waals surface area contributed by atoms with E-state index in [0.29, 0.717) is 11.8 Å². The van der Waals surface area contributed by atoms with Gasteiger partial charge in [0.15, 0.2) is 5.58 Å². The van der Waals surface area contributed by atoms with Crippen molar-refractivity contribution < 1.29 is 4.52 Å². The average molecular weight is 279 g/mol. The van der Waals surface area contributed by atoms with Crippen LogP contribution in [0.5, 0.6) is 0 Å². The molecule has 1 aromatic heterocycles. The van der Waals surface area contributed by atoms with E-state index in [-0.39, 0.29) is 0 Å². The molecule has 0 aliphatic heterocycles. The number of aromatic nitrogens is 1. The van der Waals surface area contributed by atoms with Crippen molar-refractivity contribution in [3.05, 3.63) is 53.6 Å². The summed E-state index contributed by atoms with van der Waals surface area (Å²) in [6.45, 7) is 8.86. The van der Waals surface area contributed by atoms with Gasteiger partial charge >= 0.3 is 0 Å². The normalized spacial score (nSPS) is 11.7. The van der Waals surface area contributed by atoms with E-state index >= 15 is 0 Å². The van der Waals surface area contributed by atoms with Gasteiger partial charge in [-0.25, -0.2) is 0 Å². The van der Waals surface area contributed by atoms with Gasteiger partial charge in [-0.2, -0.15) is 0 Å². The minimum Gasteiger partial charge on any atom is -0.356 e. The highest BCUT2D eigenvalue weighted by atomic mass is 16.5. The average Bonchev–Trinajstić information content (AvgIpc) is 2.90. The maximum absolute atomic E-state index is 5.64. The zero-order chi connectivity index (χ0) is 15.0. The fourth-order valence-electron chi connectivity index (χ4n) is 2.71. The predicted molar refractivity (Wildman–Crippen MR) is 87.6 cm³/mol. The summed E-state index contributed by atoms with van der Waals surface area (Å²) < 4.78 is 5.64. The van der Waals surface area contributed by atoms with E-state index in [1.165, 1.54) is 11.1 Å². The van der Waals surface area contributed by atoms with E-state index in [4.69, 9.17) is 4.52 Å². The van der Waals surface area contributed by atoms with Gasteiger partial charge in [0.1, 0.15) is 5.69 Å². The first-order valence-corrected chi connectivity index (χ1v) is 7.56. The highest BCUT2D eigenvalue weighted by Gasteiger charge is 2.18. The Bertz CT molecular complexity index is 754. The molecule has 2 aromatic carbocycles. The number of benzene rings is 2. The fourth-order valence-corrected chi connectivity index (χ4v) is 2.71. The van der Waals surface area contributed by atoms with Crippen molar-refractivity contribution in [3.63, 3.8) is 0 Å². The van der Waals surface area contributed by atoms with Crippen molar-refractivity contribution in [2.24, 2.45) is 0 Å². The Balaban J connectivity index is 2.30. The maximum atomic E-state index is 5.64. The van der Waals surface area contributed by atoms with Crippen LogP contribution in [-0.2, 0) is 0 Å². The van der Waals surface area contributed by atoms with E-state index in [9.17, 15) is 0 Å². The lowest BCUT2D eigenvalue weighted by atomic mass is 9.91. The molecule has 0 aliphatic rings. The summed E-state index contributed by atoms with van der Waals surface area (Å²) in [6, 6.07) is 14.7. The molecule has 3 rings (SSSR count). The van der Waals surface area contributed by atoms with Crippen molar-refractivity contribution in [1.29, 1.82) is 0 Å². The molecule has 108 valence electrons. The van der Waals surface area contributed by atoms with Crippen LogP contribution >= 0.6 is 0 Å². The number of nitrogens with zero attached hydrogens (tertiary/aromatic N) is 1. The van der Waals surface area contributed by atoms with Gasteiger partial charge in [-0.05, 0) is 29.0 Å². The number of fused-ring (bicyclic) bond motifs is 1. The maximum Gasteiger partial charge on any atom is 0.168 e. The van der Waals surface area contributed by atoms with Gasteiger partial charge in [-0.15, -0.1) is 0 Å². The molecule has 1 heterocycles. The lowest BCUT2D eigenvalue weighted by Gasteiger charge is -2.12. The van der Waals surface area contributed by atoms with E-state index in [0.717, 1.165) is 22.2 Å². The Kier molecular flexibility index (Phi) is 3.54. The molecule has 2 heteroatoms. The highest BCUT2D eigenvalue weighted by Crippen LogP contribution is 2.36. The van der Waals surface area contributed by atoms with E-state index in [1.807, 2.05) is 18.2 Å². The Hall–Kier alpha value is -2.09. The minimum atomic E-state index is 0.438. The summed E-state index contributed by atoms with van der Waals surface area (Å²) in [4.78, 5) is 0. The van der Waals surface area contributed by atoms with Crippen molar-refractivity contribution in [1.82, 2.24) is 5.16 Å². The molecule has 0 fully saturated rings. The minimum absolute atomic E-state index is 0.438. The first-order chi connectivity index (χ1) is 10.1. The van der Waals surface area contributed by atoms with Crippen LogP contribution in [0, 0.1) is 0 Å². The molecule has 0 saturated carbocycles. The molecule has 3 aromatic rings. The van der Waals surface area contributed by atoms with Crippen LogP contribution < -0.4 is 0 Å². The van der Waals surface area contributed by atoms with Crippen LogP contribution in [0.2, 0.25) is 0 Å². The van der Waals surface area contributed by atoms with Gasteiger partial charge in [-0.3, -0.25) is 0 Å². The third-order valence-electron chi connectivity index (χ3n) is 3.96. The van der Waals surface area contributed by atoms with Crippen LogP contribution in [0.4, 0.5) is 0 Å². The van der Waals surface area contributed by atoms with Gasteiger partial charge in [-0.1, -0.05) is 69.2 Å². The largest absolute Gasteiger partial charge is 0.356 e. The topological polar surface area (TPSA) is 26.0 Å². The molecule has 0 atom stereocenters. The Morgan fingerprint density at radius 3 is 2.24 bits per heavy atom. The summed E-state index contributed by atoms with van der Waals surface area (Å²) in [5.41, 5.74) is 5.57. The highest BCUT2D eigenvalue weighted by molar-refractivity contribution is 5.95. The number of rotatable bonds is 3. The quantitative estimate of drug-likeness (QED) is 0.611. The Morgan fingerprint density at radius 1 is 0.905 bits per heavy atom. The van der Waals surface area contributed by atoms with Gasteiger partial charge in [0.05, 0.1) is 5.39 Å². The molecule has 0 bridgehead atoms. The van der Waals surface area contributed by atoms with Crippen LogP contribution in [-0.4, -0.2) is 5.16 Å². The van der Waals surface area contributed by atoms with Crippen LogP contribution in [0.3, 0.4) is 0 Å². The van der Waals surface area contributed by atoms with Gasteiger partial charge in [0.25, 0.3) is 0 Å². The predicted octanol–water partition coefficient (Wildman–Crippen LogP) is 5.74. The Labute approximate surface area is 125 Å².